The lowest BCUT2D eigenvalue weighted by atomic mass is 10.0. The van der Waals surface area contributed by atoms with Gasteiger partial charge in [0.05, 0.1) is 21.6 Å². The van der Waals surface area contributed by atoms with E-state index in [1.54, 1.807) is 0 Å². The van der Waals surface area contributed by atoms with E-state index < -0.39 is 15.5 Å². The molecule has 0 saturated carbocycles. The van der Waals surface area contributed by atoms with Gasteiger partial charge in [0, 0.05) is 6.07 Å². The van der Waals surface area contributed by atoms with Crippen LogP contribution in [0.1, 0.15) is 25.8 Å². The smallest absolute Gasteiger partial charge is 0.271 e. The summed E-state index contributed by atoms with van der Waals surface area (Å²) < 4.78 is 0. The molecular formula is C17H18N4O4. The molecule has 0 aromatic heterocycles. The average molecular weight is 342 g/mol. The molecule has 0 aliphatic carbocycles. The number of hydrazone groups is 1. The molecule has 0 amide bonds. The maximum Gasteiger partial charge on any atom is 0.301 e. The van der Waals surface area contributed by atoms with E-state index in [1.807, 2.05) is 44.2 Å². The third-order valence-corrected chi connectivity index (χ3v) is 3.41. The number of nitrogens with one attached hydrogen (secondary N) is 1. The molecule has 0 aliphatic heterocycles. The number of hydrogen-bond donors (Lipinski definition) is 1. The van der Waals surface area contributed by atoms with Crippen molar-refractivity contribution in [3.8, 4) is 0 Å². The molecule has 2 aromatic rings. The van der Waals surface area contributed by atoms with Crippen molar-refractivity contribution in [1.29, 1.82) is 0 Å². The highest BCUT2D eigenvalue weighted by Crippen LogP contribution is 2.29. The van der Waals surface area contributed by atoms with Crippen LogP contribution in [-0.2, 0) is 0 Å². The molecule has 1 N–H and O–H groups in total. The zero-order valence-electron chi connectivity index (χ0n) is 13.9. The van der Waals surface area contributed by atoms with E-state index in [1.165, 1.54) is 12.1 Å². The summed E-state index contributed by atoms with van der Waals surface area (Å²) in [6, 6.07) is 12.9. The molecule has 0 spiro atoms. The van der Waals surface area contributed by atoms with E-state index >= 15 is 0 Å². The van der Waals surface area contributed by atoms with E-state index in [9.17, 15) is 20.2 Å². The van der Waals surface area contributed by atoms with Crippen LogP contribution >= 0.6 is 0 Å². The molecule has 25 heavy (non-hydrogen) atoms. The van der Waals surface area contributed by atoms with Gasteiger partial charge in [0.15, 0.2) is 0 Å². The molecule has 0 fully saturated rings. The van der Waals surface area contributed by atoms with Crippen LogP contribution < -0.4 is 5.43 Å². The van der Waals surface area contributed by atoms with Crippen LogP contribution in [0.5, 0.6) is 0 Å². The van der Waals surface area contributed by atoms with Gasteiger partial charge in [0.25, 0.3) is 5.69 Å². The normalized spacial score (nSPS) is 11.4. The summed E-state index contributed by atoms with van der Waals surface area (Å²) in [7, 11) is 0. The second kappa shape index (κ2) is 8.00. The van der Waals surface area contributed by atoms with Crippen LogP contribution in [0.25, 0.3) is 0 Å². The summed E-state index contributed by atoms with van der Waals surface area (Å²) in [6.45, 7) is 4.10. The highest BCUT2D eigenvalue weighted by molar-refractivity contribution is 6.01. The Balaban J connectivity index is 2.37. The SMILES string of the molecule is CC(C)C/C(=N\Nc1ccc([N+](=O)[O-])cc1[N+](=O)[O-])c1ccccc1. The van der Waals surface area contributed by atoms with E-state index in [4.69, 9.17) is 0 Å². The minimum atomic E-state index is -0.672. The largest absolute Gasteiger partial charge is 0.301 e. The average Bonchev–Trinajstić information content (AvgIpc) is 2.58. The summed E-state index contributed by atoms with van der Waals surface area (Å²) in [5.41, 5.74) is 3.72. The third-order valence-electron chi connectivity index (χ3n) is 3.41. The molecule has 8 heteroatoms. The summed E-state index contributed by atoms with van der Waals surface area (Å²) in [5, 5.41) is 26.3. The lowest BCUT2D eigenvalue weighted by Gasteiger charge is -2.10. The molecule has 0 unspecified atom stereocenters. The molecule has 0 bridgehead atoms. The highest BCUT2D eigenvalue weighted by Gasteiger charge is 2.19. The maximum absolute atomic E-state index is 11.2. The number of hydrogen-bond acceptors (Lipinski definition) is 6. The zero-order chi connectivity index (χ0) is 18.4. The molecule has 0 aliphatic rings. The molecule has 2 aromatic carbocycles. The number of non-ortho nitro benzene ring substituents is 1. The Morgan fingerprint density at radius 3 is 2.32 bits per heavy atom. The van der Waals surface area contributed by atoms with Gasteiger partial charge in [-0.15, -0.1) is 0 Å². The highest BCUT2D eigenvalue weighted by atomic mass is 16.6. The first-order valence-corrected chi connectivity index (χ1v) is 7.69. The van der Waals surface area contributed by atoms with Crippen LogP contribution in [0.15, 0.2) is 53.6 Å². The van der Waals surface area contributed by atoms with Crippen molar-refractivity contribution in [3.63, 3.8) is 0 Å². The van der Waals surface area contributed by atoms with Crippen molar-refractivity contribution in [3.05, 3.63) is 74.3 Å². The van der Waals surface area contributed by atoms with Gasteiger partial charge in [0.1, 0.15) is 5.69 Å². The Kier molecular flexibility index (Phi) is 5.78. The van der Waals surface area contributed by atoms with Crippen LogP contribution in [0.2, 0.25) is 0 Å². The molecule has 0 atom stereocenters. The van der Waals surface area contributed by atoms with Gasteiger partial charge in [-0.3, -0.25) is 25.7 Å². The Bertz CT molecular complexity index is 804. The molecule has 0 saturated heterocycles. The topological polar surface area (TPSA) is 111 Å². The number of nitrogens with zero attached hydrogens (tertiary/aromatic N) is 3. The second-order valence-electron chi connectivity index (χ2n) is 5.85. The maximum atomic E-state index is 11.2. The zero-order valence-corrected chi connectivity index (χ0v) is 13.9. The quantitative estimate of drug-likeness (QED) is 0.456. The second-order valence-corrected chi connectivity index (χ2v) is 5.85. The standard InChI is InChI=1S/C17H18N4O4/c1-12(2)10-16(13-6-4-3-5-7-13)19-18-15-9-8-14(20(22)23)11-17(15)21(24)25/h3-9,11-12,18H,10H2,1-2H3/b19-16+. The Hall–Kier alpha value is -3.29. The fourth-order valence-electron chi connectivity index (χ4n) is 2.25. The minimum Gasteiger partial charge on any atom is -0.271 e. The summed E-state index contributed by atoms with van der Waals surface area (Å²) in [5.74, 6) is 0.340. The number of benzene rings is 2. The van der Waals surface area contributed by atoms with Crippen molar-refractivity contribution in [2.75, 3.05) is 5.43 Å². The lowest BCUT2D eigenvalue weighted by Crippen LogP contribution is -2.08. The lowest BCUT2D eigenvalue weighted by molar-refractivity contribution is -0.393. The van der Waals surface area contributed by atoms with Gasteiger partial charge in [-0.05, 0) is 24.0 Å². The number of anilines is 1. The van der Waals surface area contributed by atoms with Crippen LogP contribution in [0.4, 0.5) is 17.1 Å². The van der Waals surface area contributed by atoms with Crippen molar-refractivity contribution in [2.24, 2.45) is 11.0 Å². The number of nitro groups is 2. The van der Waals surface area contributed by atoms with E-state index in [0.29, 0.717) is 12.3 Å². The number of rotatable bonds is 7. The van der Waals surface area contributed by atoms with Gasteiger partial charge >= 0.3 is 5.69 Å². The fraction of sp³-hybridized carbons (Fsp3) is 0.235. The summed E-state index contributed by atoms with van der Waals surface area (Å²) in [6.07, 6.45) is 0.678. The monoisotopic (exact) mass is 342 g/mol. The first kappa shape index (κ1) is 18.1. The van der Waals surface area contributed by atoms with E-state index in [2.05, 4.69) is 10.5 Å². The van der Waals surface area contributed by atoms with E-state index in [0.717, 1.165) is 17.3 Å². The summed E-state index contributed by atoms with van der Waals surface area (Å²) in [4.78, 5) is 20.6. The van der Waals surface area contributed by atoms with Crippen molar-refractivity contribution < 1.29 is 9.85 Å². The number of nitro benzene ring substituents is 2. The van der Waals surface area contributed by atoms with Crippen LogP contribution in [0, 0.1) is 26.1 Å². The van der Waals surface area contributed by atoms with Crippen LogP contribution in [-0.4, -0.2) is 15.6 Å². The van der Waals surface area contributed by atoms with Crippen molar-refractivity contribution >= 4 is 22.8 Å². The predicted octanol–water partition coefficient (Wildman–Crippen LogP) is 4.37. The van der Waals surface area contributed by atoms with Gasteiger partial charge in [-0.2, -0.15) is 5.10 Å². The van der Waals surface area contributed by atoms with Gasteiger partial charge < -0.3 is 0 Å². The molecule has 2 rings (SSSR count). The Morgan fingerprint density at radius 1 is 1.08 bits per heavy atom. The minimum absolute atomic E-state index is 0.104. The molecule has 0 radical (unpaired) electrons. The fourth-order valence-corrected chi connectivity index (χ4v) is 2.25. The first-order chi connectivity index (χ1) is 11.9. The Morgan fingerprint density at radius 2 is 1.76 bits per heavy atom. The molecular weight excluding hydrogens is 324 g/mol. The molecule has 0 heterocycles. The molecule has 130 valence electrons. The first-order valence-electron chi connectivity index (χ1n) is 7.69. The predicted molar refractivity (Wildman–Crippen MR) is 95.8 cm³/mol. The van der Waals surface area contributed by atoms with Crippen molar-refractivity contribution in [2.45, 2.75) is 20.3 Å². The van der Waals surface area contributed by atoms with Crippen LogP contribution in [0.3, 0.4) is 0 Å². The summed E-state index contributed by atoms with van der Waals surface area (Å²) >= 11 is 0. The third kappa shape index (κ3) is 4.84. The Labute approximate surface area is 144 Å². The van der Waals surface area contributed by atoms with Gasteiger partial charge in [-0.1, -0.05) is 44.2 Å². The molecule has 8 nitrogen and oxygen atoms in total. The van der Waals surface area contributed by atoms with Gasteiger partial charge in [-0.25, -0.2) is 0 Å². The van der Waals surface area contributed by atoms with Crippen molar-refractivity contribution in [1.82, 2.24) is 0 Å². The van der Waals surface area contributed by atoms with E-state index in [-0.39, 0.29) is 11.4 Å². The van der Waals surface area contributed by atoms with Gasteiger partial charge in [0.2, 0.25) is 0 Å².